The van der Waals surface area contributed by atoms with Crippen LogP contribution >= 0.6 is 0 Å². The average molecular weight is 163 g/mol. The molecule has 12 heavy (non-hydrogen) atoms. The van der Waals surface area contributed by atoms with E-state index >= 15 is 0 Å². The van der Waals surface area contributed by atoms with Gasteiger partial charge in [-0.1, -0.05) is 0 Å². The monoisotopic (exact) mass is 163 g/mol. The summed E-state index contributed by atoms with van der Waals surface area (Å²) in [5.41, 5.74) is 1.25. The average Bonchev–Trinajstić information content (AvgIpc) is 2.32. The van der Waals surface area contributed by atoms with Crippen molar-refractivity contribution in [2.45, 2.75) is 20.4 Å². The number of hydrogen-bond donors (Lipinski definition) is 0. The molecule has 1 aromatic heterocycles. The molecule has 0 aliphatic carbocycles. The Kier molecular flexibility index (Phi) is 2.24. The molecule has 0 saturated heterocycles. The van der Waals surface area contributed by atoms with E-state index in [1.807, 2.05) is 6.07 Å². The summed E-state index contributed by atoms with van der Waals surface area (Å²) in [6.07, 6.45) is 0. The maximum absolute atomic E-state index is 11.0. The van der Waals surface area contributed by atoms with Gasteiger partial charge < -0.3 is 0 Å². The minimum Gasteiger partial charge on any atom is -0.293 e. The van der Waals surface area contributed by atoms with Crippen molar-refractivity contribution < 1.29 is 4.79 Å². The molecule has 0 N–H and O–H groups in total. The van der Waals surface area contributed by atoms with Crippen LogP contribution in [0.5, 0.6) is 0 Å². The van der Waals surface area contributed by atoms with Crippen LogP contribution in [-0.4, -0.2) is 15.6 Å². The van der Waals surface area contributed by atoms with E-state index in [9.17, 15) is 4.79 Å². The SMILES string of the molecule is CC(=O)c1cc(C)nn1CC#N. The molecule has 0 unspecified atom stereocenters. The summed E-state index contributed by atoms with van der Waals surface area (Å²) in [4.78, 5) is 11.0. The highest BCUT2D eigenvalue weighted by Gasteiger charge is 2.08. The van der Waals surface area contributed by atoms with Gasteiger partial charge in [-0.05, 0) is 13.0 Å². The van der Waals surface area contributed by atoms with Gasteiger partial charge in [0, 0.05) is 6.92 Å². The molecule has 4 nitrogen and oxygen atoms in total. The quantitative estimate of drug-likeness (QED) is 0.609. The molecule has 0 bridgehead atoms. The van der Waals surface area contributed by atoms with E-state index in [4.69, 9.17) is 5.26 Å². The lowest BCUT2D eigenvalue weighted by Gasteiger charge is -1.96. The van der Waals surface area contributed by atoms with Crippen molar-refractivity contribution in [2.24, 2.45) is 0 Å². The fourth-order valence-corrected chi connectivity index (χ4v) is 1.02. The third-order valence-electron chi connectivity index (χ3n) is 1.48. The zero-order valence-electron chi connectivity index (χ0n) is 7.03. The summed E-state index contributed by atoms with van der Waals surface area (Å²) >= 11 is 0. The maximum atomic E-state index is 11.0. The summed E-state index contributed by atoms with van der Waals surface area (Å²) in [7, 11) is 0. The van der Waals surface area contributed by atoms with Gasteiger partial charge in [-0.15, -0.1) is 0 Å². The number of rotatable bonds is 2. The van der Waals surface area contributed by atoms with Crippen LogP contribution in [0, 0.1) is 18.3 Å². The summed E-state index contributed by atoms with van der Waals surface area (Å²) in [6.45, 7) is 3.38. The van der Waals surface area contributed by atoms with Gasteiger partial charge >= 0.3 is 0 Å². The smallest absolute Gasteiger partial charge is 0.177 e. The number of carbonyl (C=O) groups is 1. The Morgan fingerprint density at radius 1 is 1.83 bits per heavy atom. The highest BCUT2D eigenvalue weighted by molar-refractivity contribution is 5.92. The molecule has 0 atom stereocenters. The first-order valence-electron chi connectivity index (χ1n) is 3.57. The minimum absolute atomic E-state index is 0.0640. The van der Waals surface area contributed by atoms with Gasteiger partial charge in [0.2, 0.25) is 0 Å². The molecule has 1 heterocycles. The molecular weight excluding hydrogens is 154 g/mol. The Labute approximate surface area is 70.4 Å². The summed E-state index contributed by atoms with van der Waals surface area (Å²) in [6, 6.07) is 3.62. The van der Waals surface area contributed by atoms with Gasteiger partial charge in [-0.3, -0.25) is 4.79 Å². The van der Waals surface area contributed by atoms with Crippen LogP contribution in [0.1, 0.15) is 23.1 Å². The Bertz CT molecular complexity index is 346. The first kappa shape index (κ1) is 8.47. The fraction of sp³-hybridized carbons (Fsp3) is 0.375. The Hall–Kier alpha value is -1.63. The predicted octanol–water partition coefficient (Wildman–Crippen LogP) is 0.918. The van der Waals surface area contributed by atoms with Crippen molar-refractivity contribution in [1.29, 1.82) is 5.26 Å². The van der Waals surface area contributed by atoms with E-state index in [0.29, 0.717) is 5.69 Å². The largest absolute Gasteiger partial charge is 0.293 e. The van der Waals surface area contributed by atoms with Gasteiger partial charge in [-0.2, -0.15) is 10.4 Å². The third kappa shape index (κ3) is 1.51. The molecule has 62 valence electrons. The van der Waals surface area contributed by atoms with E-state index in [-0.39, 0.29) is 12.3 Å². The number of nitriles is 1. The van der Waals surface area contributed by atoms with Crippen LogP contribution in [0.3, 0.4) is 0 Å². The fourth-order valence-electron chi connectivity index (χ4n) is 1.02. The van der Waals surface area contributed by atoms with Crippen LogP contribution in [0.15, 0.2) is 6.07 Å². The van der Waals surface area contributed by atoms with Gasteiger partial charge in [-0.25, -0.2) is 4.68 Å². The molecule has 0 aromatic carbocycles. The number of carbonyl (C=O) groups excluding carboxylic acids is 1. The minimum atomic E-state index is -0.0640. The molecule has 0 amide bonds. The van der Waals surface area contributed by atoms with Crippen molar-refractivity contribution >= 4 is 5.78 Å². The van der Waals surface area contributed by atoms with Crippen molar-refractivity contribution in [3.8, 4) is 6.07 Å². The zero-order valence-corrected chi connectivity index (χ0v) is 7.03. The topological polar surface area (TPSA) is 58.7 Å². The van der Waals surface area contributed by atoms with Crippen LogP contribution < -0.4 is 0 Å². The van der Waals surface area contributed by atoms with Crippen molar-refractivity contribution in [1.82, 2.24) is 9.78 Å². The molecule has 0 radical (unpaired) electrons. The van der Waals surface area contributed by atoms with E-state index in [1.54, 1.807) is 13.0 Å². The standard InChI is InChI=1S/C8H9N3O/c1-6-5-8(7(2)12)11(10-6)4-3-9/h5H,4H2,1-2H3. The van der Waals surface area contributed by atoms with E-state index in [1.165, 1.54) is 11.6 Å². The number of aromatic nitrogens is 2. The van der Waals surface area contributed by atoms with Crippen LogP contribution in [0.4, 0.5) is 0 Å². The van der Waals surface area contributed by atoms with Gasteiger partial charge in [0.15, 0.2) is 5.78 Å². The number of ketones is 1. The summed E-state index contributed by atoms with van der Waals surface area (Å²) in [5.74, 6) is -0.0640. The van der Waals surface area contributed by atoms with Crippen LogP contribution in [0.25, 0.3) is 0 Å². The highest BCUT2D eigenvalue weighted by Crippen LogP contribution is 2.03. The lowest BCUT2D eigenvalue weighted by atomic mass is 10.3. The van der Waals surface area contributed by atoms with Gasteiger partial charge in [0.1, 0.15) is 12.2 Å². The van der Waals surface area contributed by atoms with E-state index in [2.05, 4.69) is 5.10 Å². The van der Waals surface area contributed by atoms with Crippen molar-refractivity contribution in [3.05, 3.63) is 17.5 Å². The Morgan fingerprint density at radius 2 is 2.50 bits per heavy atom. The second kappa shape index (κ2) is 3.18. The molecule has 4 heteroatoms. The molecular formula is C8H9N3O. The Morgan fingerprint density at radius 3 is 3.00 bits per heavy atom. The molecule has 1 rings (SSSR count). The molecule has 1 aromatic rings. The van der Waals surface area contributed by atoms with Crippen LogP contribution in [0.2, 0.25) is 0 Å². The lowest BCUT2D eigenvalue weighted by Crippen LogP contribution is -2.06. The second-order valence-electron chi connectivity index (χ2n) is 2.54. The summed E-state index contributed by atoms with van der Waals surface area (Å²) < 4.78 is 1.41. The third-order valence-corrected chi connectivity index (χ3v) is 1.48. The molecule has 0 spiro atoms. The predicted molar refractivity (Wildman–Crippen MR) is 42.6 cm³/mol. The maximum Gasteiger partial charge on any atom is 0.177 e. The van der Waals surface area contributed by atoms with Gasteiger partial charge in [0.25, 0.3) is 0 Å². The second-order valence-corrected chi connectivity index (χ2v) is 2.54. The normalized spacial score (nSPS) is 9.42. The van der Waals surface area contributed by atoms with Gasteiger partial charge in [0.05, 0.1) is 11.8 Å². The first-order chi connectivity index (χ1) is 5.65. The molecule has 0 aliphatic rings. The number of hydrogen-bond acceptors (Lipinski definition) is 3. The molecule has 0 saturated carbocycles. The summed E-state index contributed by atoms with van der Waals surface area (Å²) in [5, 5.41) is 12.4. The molecule has 0 fully saturated rings. The Balaban J connectivity index is 3.10. The molecule has 0 aliphatic heterocycles. The van der Waals surface area contributed by atoms with E-state index in [0.717, 1.165) is 5.69 Å². The number of aryl methyl sites for hydroxylation is 1. The van der Waals surface area contributed by atoms with Crippen LogP contribution in [-0.2, 0) is 6.54 Å². The number of nitrogens with zero attached hydrogens (tertiary/aromatic N) is 3. The van der Waals surface area contributed by atoms with Crippen molar-refractivity contribution in [3.63, 3.8) is 0 Å². The zero-order chi connectivity index (χ0) is 9.14. The van der Waals surface area contributed by atoms with Crippen molar-refractivity contribution in [2.75, 3.05) is 0 Å². The highest BCUT2D eigenvalue weighted by atomic mass is 16.1. The first-order valence-corrected chi connectivity index (χ1v) is 3.57. The lowest BCUT2D eigenvalue weighted by molar-refractivity contribution is 0.100. The van der Waals surface area contributed by atoms with E-state index < -0.39 is 0 Å². The number of Topliss-reactive ketones (excluding diaryl/α,β-unsaturated/α-hetero) is 1.